The fraction of sp³-hybridized carbons (Fsp3) is 0.368. The Hall–Kier alpha value is -2.56. The molecule has 0 unspecified atom stereocenters. The van der Waals surface area contributed by atoms with Gasteiger partial charge in [0.25, 0.3) is 5.91 Å². The molecule has 1 aliphatic rings. The predicted molar refractivity (Wildman–Crippen MR) is 94.1 cm³/mol. The smallest absolute Gasteiger partial charge is 0.261 e. The molecule has 1 aromatic carbocycles. The molecule has 5 heteroatoms. The molecule has 0 bridgehead atoms. The summed E-state index contributed by atoms with van der Waals surface area (Å²) in [5.74, 6) is 0.541. The number of amides is 1. The van der Waals surface area contributed by atoms with Gasteiger partial charge in [-0.1, -0.05) is 42.0 Å². The van der Waals surface area contributed by atoms with Gasteiger partial charge in [-0.25, -0.2) is 4.68 Å². The number of hydrogen-bond donors (Lipinski definition) is 0. The van der Waals surface area contributed by atoms with Crippen molar-refractivity contribution in [3.8, 4) is 5.88 Å². The molecule has 1 fully saturated rings. The van der Waals surface area contributed by atoms with Crippen molar-refractivity contribution in [2.24, 2.45) is 7.05 Å². The number of piperidine rings is 1. The van der Waals surface area contributed by atoms with Gasteiger partial charge in [0, 0.05) is 20.1 Å². The Kier molecular flexibility index (Phi) is 4.69. The fourth-order valence-electron chi connectivity index (χ4n) is 3.20. The zero-order valence-electron chi connectivity index (χ0n) is 14.5. The third-order valence-electron chi connectivity index (χ3n) is 4.44. The van der Waals surface area contributed by atoms with Gasteiger partial charge in [0.15, 0.2) is 0 Å². The van der Waals surface area contributed by atoms with Crippen molar-refractivity contribution in [3.63, 3.8) is 0 Å². The second-order valence-electron chi connectivity index (χ2n) is 6.10. The van der Waals surface area contributed by atoms with E-state index < -0.39 is 0 Å². The normalized spacial score (nSPS) is 14.6. The number of aromatic nitrogens is 2. The third-order valence-corrected chi connectivity index (χ3v) is 4.44. The van der Waals surface area contributed by atoms with Crippen LogP contribution in [0, 0.1) is 6.92 Å². The minimum absolute atomic E-state index is 0.0104. The van der Waals surface area contributed by atoms with Crippen molar-refractivity contribution in [2.45, 2.75) is 19.8 Å². The lowest BCUT2D eigenvalue weighted by Crippen LogP contribution is -2.36. The first-order valence-corrected chi connectivity index (χ1v) is 8.21. The average Bonchev–Trinajstić information content (AvgIpc) is 2.89. The average molecular weight is 325 g/mol. The number of hydrogen-bond acceptors (Lipinski definition) is 3. The summed E-state index contributed by atoms with van der Waals surface area (Å²) >= 11 is 0. The standard InChI is InChI=1S/C19H23N3O2/c1-14-17(19(24-3)21(2)20-14)18(23)22-11-9-16(10-12-22)13-15-7-5-4-6-8-15/h4-8,13H,9-12H2,1-3H3. The van der Waals surface area contributed by atoms with Crippen molar-refractivity contribution < 1.29 is 9.53 Å². The first kappa shape index (κ1) is 16.3. The van der Waals surface area contributed by atoms with Gasteiger partial charge in [0.1, 0.15) is 5.56 Å². The summed E-state index contributed by atoms with van der Waals surface area (Å²) < 4.78 is 6.97. The quantitative estimate of drug-likeness (QED) is 0.871. The van der Waals surface area contributed by atoms with Crippen LogP contribution in [0.3, 0.4) is 0 Å². The molecule has 1 aliphatic heterocycles. The number of carbonyl (C=O) groups excluding carboxylic acids is 1. The van der Waals surface area contributed by atoms with E-state index in [1.165, 1.54) is 11.1 Å². The van der Waals surface area contributed by atoms with Crippen LogP contribution in [-0.2, 0) is 7.05 Å². The lowest BCUT2D eigenvalue weighted by molar-refractivity contribution is 0.0739. The predicted octanol–water partition coefficient (Wildman–Crippen LogP) is 3.06. The van der Waals surface area contributed by atoms with Crippen molar-refractivity contribution in [3.05, 3.63) is 52.7 Å². The summed E-state index contributed by atoms with van der Waals surface area (Å²) in [5.41, 5.74) is 3.90. The van der Waals surface area contributed by atoms with E-state index in [9.17, 15) is 4.79 Å². The zero-order valence-corrected chi connectivity index (χ0v) is 14.5. The van der Waals surface area contributed by atoms with Gasteiger partial charge in [-0.15, -0.1) is 0 Å². The van der Waals surface area contributed by atoms with Crippen LogP contribution in [0.5, 0.6) is 5.88 Å². The van der Waals surface area contributed by atoms with Gasteiger partial charge in [0.05, 0.1) is 12.8 Å². The van der Waals surface area contributed by atoms with E-state index in [0.29, 0.717) is 17.1 Å². The second-order valence-corrected chi connectivity index (χ2v) is 6.10. The Bertz CT molecular complexity index is 752. The highest BCUT2D eigenvalue weighted by Gasteiger charge is 2.27. The number of aryl methyl sites for hydroxylation is 2. The third kappa shape index (κ3) is 3.20. The molecule has 1 aromatic heterocycles. The highest BCUT2D eigenvalue weighted by molar-refractivity contribution is 5.97. The first-order chi connectivity index (χ1) is 11.6. The number of benzene rings is 1. The molecule has 0 atom stereocenters. The number of nitrogens with zero attached hydrogens (tertiary/aromatic N) is 3. The van der Waals surface area contributed by atoms with Crippen LogP contribution in [0.2, 0.25) is 0 Å². The molecule has 24 heavy (non-hydrogen) atoms. The molecule has 0 N–H and O–H groups in total. The second kappa shape index (κ2) is 6.91. The molecule has 2 aromatic rings. The van der Waals surface area contributed by atoms with E-state index in [1.54, 1.807) is 18.8 Å². The number of ether oxygens (including phenoxy) is 1. The van der Waals surface area contributed by atoms with Gasteiger partial charge >= 0.3 is 0 Å². The molecular weight excluding hydrogens is 302 g/mol. The van der Waals surface area contributed by atoms with Crippen LogP contribution in [0.25, 0.3) is 6.08 Å². The largest absolute Gasteiger partial charge is 0.481 e. The number of rotatable bonds is 3. The van der Waals surface area contributed by atoms with Crippen molar-refractivity contribution in [1.29, 1.82) is 0 Å². The maximum absolute atomic E-state index is 12.9. The lowest BCUT2D eigenvalue weighted by atomic mass is 10.0. The molecule has 1 amide bonds. The SMILES string of the molecule is COc1c(C(=O)N2CCC(=Cc3ccccc3)CC2)c(C)nn1C. The van der Waals surface area contributed by atoms with Gasteiger partial charge < -0.3 is 9.64 Å². The monoisotopic (exact) mass is 325 g/mol. The molecule has 0 saturated carbocycles. The Balaban J connectivity index is 1.71. The Morgan fingerprint density at radius 2 is 1.88 bits per heavy atom. The summed E-state index contributed by atoms with van der Waals surface area (Å²) in [4.78, 5) is 14.7. The van der Waals surface area contributed by atoms with Gasteiger partial charge in [-0.05, 0) is 25.3 Å². The minimum atomic E-state index is 0.0104. The van der Waals surface area contributed by atoms with Crippen molar-refractivity contribution in [2.75, 3.05) is 20.2 Å². The molecule has 126 valence electrons. The summed E-state index contributed by atoms with van der Waals surface area (Å²) in [6.45, 7) is 3.31. The lowest BCUT2D eigenvalue weighted by Gasteiger charge is -2.28. The van der Waals surface area contributed by atoms with E-state index >= 15 is 0 Å². The molecule has 3 rings (SSSR count). The molecule has 5 nitrogen and oxygen atoms in total. The Labute approximate surface area is 142 Å². The van der Waals surface area contributed by atoms with Crippen LogP contribution >= 0.6 is 0 Å². The van der Waals surface area contributed by atoms with E-state index in [1.807, 2.05) is 30.0 Å². The maximum Gasteiger partial charge on any atom is 0.261 e. The molecule has 1 saturated heterocycles. The molecule has 2 heterocycles. The van der Waals surface area contributed by atoms with E-state index in [4.69, 9.17) is 4.74 Å². The number of likely N-dealkylation sites (tertiary alicyclic amines) is 1. The molecular formula is C19H23N3O2. The van der Waals surface area contributed by atoms with Crippen LogP contribution in [-0.4, -0.2) is 40.8 Å². The topological polar surface area (TPSA) is 47.4 Å². The van der Waals surface area contributed by atoms with Crippen molar-refractivity contribution in [1.82, 2.24) is 14.7 Å². The van der Waals surface area contributed by atoms with E-state index in [0.717, 1.165) is 25.9 Å². The highest BCUT2D eigenvalue weighted by atomic mass is 16.5. The zero-order chi connectivity index (χ0) is 17.1. The molecule has 0 spiro atoms. The first-order valence-electron chi connectivity index (χ1n) is 8.21. The highest BCUT2D eigenvalue weighted by Crippen LogP contribution is 2.26. The molecule has 0 radical (unpaired) electrons. The fourth-order valence-corrected chi connectivity index (χ4v) is 3.20. The van der Waals surface area contributed by atoms with E-state index in [2.05, 4.69) is 23.3 Å². The van der Waals surface area contributed by atoms with Crippen LogP contribution in [0.4, 0.5) is 0 Å². The van der Waals surface area contributed by atoms with Crippen LogP contribution in [0.1, 0.15) is 34.5 Å². The van der Waals surface area contributed by atoms with Crippen LogP contribution in [0.15, 0.2) is 35.9 Å². The summed E-state index contributed by atoms with van der Waals surface area (Å²) in [6, 6.07) is 10.3. The van der Waals surface area contributed by atoms with E-state index in [-0.39, 0.29) is 5.91 Å². The van der Waals surface area contributed by atoms with Crippen molar-refractivity contribution >= 4 is 12.0 Å². The summed E-state index contributed by atoms with van der Waals surface area (Å²) in [7, 11) is 3.36. The number of carbonyl (C=O) groups is 1. The Morgan fingerprint density at radius 1 is 1.21 bits per heavy atom. The van der Waals surface area contributed by atoms with Gasteiger partial charge in [0.2, 0.25) is 5.88 Å². The maximum atomic E-state index is 12.9. The number of methoxy groups -OCH3 is 1. The summed E-state index contributed by atoms with van der Waals surface area (Å²) in [6.07, 6.45) is 4.04. The molecule has 0 aliphatic carbocycles. The Morgan fingerprint density at radius 3 is 2.50 bits per heavy atom. The van der Waals surface area contributed by atoms with Crippen LogP contribution < -0.4 is 4.74 Å². The summed E-state index contributed by atoms with van der Waals surface area (Å²) in [5, 5.41) is 4.30. The van der Waals surface area contributed by atoms with Gasteiger partial charge in [-0.2, -0.15) is 5.10 Å². The van der Waals surface area contributed by atoms with Gasteiger partial charge in [-0.3, -0.25) is 4.79 Å². The minimum Gasteiger partial charge on any atom is -0.481 e.